The zero-order chi connectivity index (χ0) is 12.5. The number of aliphatic hydroxyl groups excluding tert-OH is 1. The molecule has 0 aromatic rings. The molecule has 0 saturated carbocycles. The number of rotatable bonds is 8. The molecule has 1 rings (SSSR count). The lowest BCUT2D eigenvalue weighted by Gasteiger charge is -2.35. The molecular weight excluding hydrogens is 216 g/mol. The fraction of sp³-hybridized carbons (Fsp3) is 1.00. The van der Waals surface area contributed by atoms with E-state index in [-0.39, 0.29) is 6.61 Å². The van der Waals surface area contributed by atoms with Gasteiger partial charge in [0.15, 0.2) is 0 Å². The summed E-state index contributed by atoms with van der Waals surface area (Å²) in [5, 5.41) is 12.1. The molecule has 4 nitrogen and oxygen atoms in total. The zero-order valence-corrected chi connectivity index (χ0v) is 11.3. The molecule has 0 spiro atoms. The summed E-state index contributed by atoms with van der Waals surface area (Å²) in [4.78, 5) is 2.54. The molecule has 4 heteroatoms. The van der Waals surface area contributed by atoms with Crippen molar-refractivity contribution in [3.8, 4) is 0 Å². The molecule has 2 unspecified atom stereocenters. The Balaban J connectivity index is 2.11. The third kappa shape index (κ3) is 5.82. The predicted molar refractivity (Wildman–Crippen MR) is 70.2 cm³/mol. The summed E-state index contributed by atoms with van der Waals surface area (Å²) in [5.74, 6) is 0.765. The Hall–Kier alpha value is -0.160. The molecule has 0 amide bonds. The van der Waals surface area contributed by atoms with Crippen LogP contribution >= 0.6 is 0 Å². The number of nitrogens with zero attached hydrogens (tertiary/aromatic N) is 1. The standard InChI is InChI=1S/C13H28N2O2/c1-3-15-7-4-5-13(11-15)12(2)14-6-9-17-10-8-16/h12-14,16H,3-11H2,1-2H3. The van der Waals surface area contributed by atoms with E-state index in [0.717, 1.165) is 12.5 Å². The maximum Gasteiger partial charge on any atom is 0.0698 e. The highest BCUT2D eigenvalue weighted by Crippen LogP contribution is 2.19. The highest BCUT2D eigenvalue weighted by molar-refractivity contribution is 4.79. The molecule has 17 heavy (non-hydrogen) atoms. The van der Waals surface area contributed by atoms with Gasteiger partial charge in [0.05, 0.1) is 19.8 Å². The van der Waals surface area contributed by atoms with Crippen LogP contribution in [0.5, 0.6) is 0 Å². The Morgan fingerprint density at radius 1 is 1.47 bits per heavy atom. The van der Waals surface area contributed by atoms with Gasteiger partial charge in [0.2, 0.25) is 0 Å². The monoisotopic (exact) mass is 244 g/mol. The second-order valence-corrected chi connectivity index (χ2v) is 4.87. The smallest absolute Gasteiger partial charge is 0.0698 e. The third-order valence-electron chi connectivity index (χ3n) is 3.64. The van der Waals surface area contributed by atoms with Gasteiger partial charge in [-0.1, -0.05) is 6.92 Å². The van der Waals surface area contributed by atoms with Gasteiger partial charge in [0.1, 0.15) is 0 Å². The largest absolute Gasteiger partial charge is 0.394 e. The van der Waals surface area contributed by atoms with Crippen LogP contribution in [0, 0.1) is 5.92 Å². The summed E-state index contributed by atoms with van der Waals surface area (Å²) in [6.07, 6.45) is 2.66. The molecule has 0 radical (unpaired) electrons. The minimum Gasteiger partial charge on any atom is -0.394 e. The van der Waals surface area contributed by atoms with Gasteiger partial charge in [-0.25, -0.2) is 0 Å². The number of ether oxygens (including phenoxy) is 1. The average Bonchev–Trinajstić information content (AvgIpc) is 2.38. The van der Waals surface area contributed by atoms with Gasteiger partial charge in [-0.3, -0.25) is 0 Å². The first kappa shape index (κ1) is 14.9. The Kier molecular flexibility index (Phi) is 7.77. The minimum absolute atomic E-state index is 0.115. The van der Waals surface area contributed by atoms with E-state index in [0.29, 0.717) is 19.3 Å². The maximum atomic E-state index is 8.58. The van der Waals surface area contributed by atoms with E-state index in [4.69, 9.17) is 9.84 Å². The number of hydrogen-bond acceptors (Lipinski definition) is 4. The van der Waals surface area contributed by atoms with Crippen LogP contribution in [-0.2, 0) is 4.74 Å². The summed E-state index contributed by atoms with van der Waals surface area (Å²) < 4.78 is 5.24. The molecule has 0 aromatic heterocycles. The fourth-order valence-corrected chi connectivity index (χ4v) is 2.48. The van der Waals surface area contributed by atoms with Crippen molar-refractivity contribution in [1.82, 2.24) is 10.2 Å². The highest BCUT2D eigenvalue weighted by Gasteiger charge is 2.23. The SMILES string of the molecule is CCN1CCCC(C(C)NCCOCCO)C1. The fourth-order valence-electron chi connectivity index (χ4n) is 2.48. The van der Waals surface area contributed by atoms with E-state index in [1.165, 1.54) is 32.5 Å². The normalized spacial score (nSPS) is 23.8. The predicted octanol–water partition coefficient (Wildman–Crippen LogP) is 0.705. The van der Waals surface area contributed by atoms with Gasteiger partial charge in [-0.15, -0.1) is 0 Å². The molecular formula is C13H28N2O2. The van der Waals surface area contributed by atoms with Crippen molar-refractivity contribution in [1.29, 1.82) is 0 Å². The lowest BCUT2D eigenvalue weighted by atomic mass is 9.91. The van der Waals surface area contributed by atoms with Crippen LogP contribution in [-0.4, -0.2) is 62.0 Å². The van der Waals surface area contributed by atoms with Crippen molar-refractivity contribution in [2.24, 2.45) is 5.92 Å². The van der Waals surface area contributed by atoms with E-state index in [9.17, 15) is 0 Å². The Morgan fingerprint density at radius 2 is 2.29 bits per heavy atom. The molecule has 1 aliphatic heterocycles. The third-order valence-corrected chi connectivity index (χ3v) is 3.64. The lowest BCUT2D eigenvalue weighted by molar-refractivity contribution is 0.0891. The first-order chi connectivity index (χ1) is 8.27. The van der Waals surface area contributed by atoms with Gasteiger partial charge in [-0.05, 0) is 38.8 Å². The number of hydrogen-bond donors (Lipinski definition) is 2. The van der Waals surface area contributed by atoms with Gasteiger partial charge >= 0.3 is 0 Å². The van der Waals surface area contributed by atoms with Crippen molar-refractivity contribution >= 4 is 0 Å². The molecule has 0 aromatic carbocycles. The van der Waals surface area contributed by atoms with Crippen LogP contribution in [0.25, 0.3) is 0 Å². The highest BCUT2D eigenvalue weighted by atomic mass is 16.5. The lowest BCUT2D eigenvalue weighted by Crippen LogP contribution is -2.45. The second kappa shape index (κ2) is 8.86. The van der Waals surface area contributed by atoms with E-state index < -0.39 is 0 Å². The van der Waals surface area contributed by atoms with Gasteiger partial charge in [-0.2, -0.15) is 0 Å². The van der Waals surface area contributed by atoms with E-state index in [2.05, 4.69) is 24.1 Å². The maximum absolute atomic E-state index is 8.58. The van der Waals surface area contributed by atoms with Crippen molar-refractivity contribution < 1.29 is 9.84 Å². The van der Waals surface area contributed by atoms with Crippen LogP contribution in [0.15, 0.2) is 0 Å². The Morgan fingerprint density at radius 3 is 3.00 bits per heavy atom. The van der Waals surface area contributed by atoms with Crippen molar-refractivity contribution in [2.75, 3.05) is 46.0 Å². The molecule has 0 bridgehead atoms. The van der Waals surface area contributed by atoms with Gasteiger partial charge in [0.25, 0.3) is 0 Å². The second-order valence-electron chi connectivity index (χ2n) is 4.87. The van der Waals surface area contributed by atoms with Crippen molar-refractivity contribution in [2.45, 2.75) is 32.7 Å². The first-order valence-corrected chi connectivity index (χ1v) is 6.92. The number of likely N-dealkylation sites (tertiary alicyclic amines) is 1. The Labute approximate surface area is 105 Å². The molecule has 2 atom stereocenters. The zero-order valence-electron chi connectivity index (χ0n) is 11.3. The van der Waals surface area contributed by atoms with Gasteiger partial charge in [0, 0.05) is 19.1 Å². The van der Waals surface area contributed by atoms with Crippen molar-refractivity contribution in [3.63, 3.8) is 0 Å². The van der Waals surface area contributed by atoms with E-state index >= 15 is 0 Å². The van der Waals surface area contributed by atoms with Gasteiger partial charge < -0.3 is 20.1 Å². The van der Waals surface area contributed by atoms with Crippen LogP contribution in [0.4, 0.5) is 0 Å². The van der Waals surface area contributed by atoms with Crippen LogP contribution < -0.4 is 5.32 Å². The first-order valence-electron chi connectivity index (χ1n) is 6.92. The van der Waals surface area contributed by atoms with E-state index in [1.807, 2.05) is 0 Å². The summed E-state index contributed by atoms with van der Waals surface area (Å²) in [6.45, 7) is 10.3. The molecule has 0 aliphatic carbocycles. The molecule has 1 fully saturated rings. The summed E-state index contributed by atoms with van der Waals surface area (Å²) >= 11 is 0. The summed E-state index contributed by atoms with van der Waals surface area (Å²) in [7, 11) is 0. The molecule has 102 valence electrons. The topological polar surface area (TPSA) is 44.7 Å². The van der Waals surface area contributed by atoms with E-state index in [1.54, 1.807) is 0 Å². The average molecular weight is 244 g/mol. The van der Waals surface area contributed by atoms with Crippen LogP contribution in [0.2, 0.25) is 0 Å². The number of piperidine rings is 1. The molecule has 1 heterocycles. The van der Waals surface area contributed by atoms with Crippen LogP contribution in [0.1, 0.15) is 26.7 Å². The van der Waals surface area contributed by atoms with Crippen molar-refractivity contribution in [3.05, 3.63) is 0 Å². The molecule has 1 saturated heterocycles. The summed E-state index contributed by atoms with van der Waals surface area (Å²) in [5.41, 5.74) is 0. The van der Waals surface area contributed by atoms with Crippen LogP contribution in [0.3, 0.4) is 0 Å². The Bertz CT molecular complexity index is 190. The quantitative estimate of drug-likeness (QED) is 0.617. The minimum atomic E-state index is 0.115. The molecule has 1 aliphatic rings. The number of nitrogens with one attached hydrogen (secondary N) is 1. The summed E-state index contributed by atoms with van der Waals surface area (Å²) in [6, 6.07) is 0.557. The molecule has 2 N–H and O–H groups in total. The number of aliphatic hydroxyl groups is 1.